The first-order valence-electron chi connectivity index (χ1n) is 12.6. The minimum absolute atomic E-state index is 0.0215. The summed E-state index contributed by atoms with van der Waals surface area (Å²) in [5.74, 6) is -1.46. The van der Waals surface area contributed by atoms with E-state index in [-0.39, 0.29) is 44.6 Å². The molecule has 0 saturated heterocycles. The van der Waals surface area contributed by atoms with Crippen LogP contribution in [-0.4, -0.2) is 23.9 Å². The monoisotopic (exact) mass is 544 g/mol. The van der Waals surface area contributed by atoms with Crippen LogP contribution in [0.25, 0.3) is 22.7 Å². The van der Waals surface area contributed by atoms with Crippen molar-refractivity contribution in [3.8, 4) is 11.5 Å². The van der Waals surface area contributed by atoms with Crippen LogP contribution in [0.3, 0.4) is 0 Å². The summed E-state index contributed by atoms with van der Waals surface area (Å²) >= 11 is 0. The van der Waals surface area contributed by atoms with Gasteiger partial charge in [-0.3, -0.25) is 9.59 Å². The molecule has 0 saturated carbocycles. The van der Waals surface area contributed by atoms with E-state index in [0.29, 0.717) is 10.4 Å². The van der Waals surface area contributed by atoms with Gasteiger partial charge in [-0.25, -0.2) is 9.59 Å². The summed E-state index contributed by atoms with van der Waals surface area (Å²) in [6.45, 7) is 1.80. The van der Waals surface area contributed by atoms with E-state index in [1.54, 1.807) is 110 Å². The molecule has 0 unspecified atom stereocenters. The minimum atomic E-state index is -1.11. The van der Waals surface area contributed by atoms with Gasteiger partial charge in [0.25, 0.3) is 0 Å². The number of rotatable bonds is 4. The molecule has 0 atom stereocenters. The SMILES string of the molecule is Cc1ccc2c(c1)=C(OC(=O)Oc1ccccc1)C(=O)C1=c3ccccc3=C(OC(=O)Oc3ccccc3)C(=O)C=21. The fourth-order valence-corrected chi connectivity index (χ4v) is 4.76. The van der Waals surface area contributed by atoms with Crippen molar-refractivity contribution in [2.45, 2.75) is 6.92 Å². The molecule has 0 amide bonds. The zero-order chi connectivity index (χ0) is 28.5. The van der Waals surface area contributed by atoms with Crippen molar-refractivity contribution < 1.29 is 38.1 Å². The Morgan fingerprint density at radius 2 is 0.927 bits per heavy atom. The molecule has 0 aromatic heterocycles. The summed E-state index contributed by atoms with van der Waals surface area (Å²) in [5, 5.41) is 1.12. The Labute approximate surface area is 232 Å². The lowest BCUT2D eigenvalue weighted by molar-refractivity contribution is -0.112. The summed E-state index contributed by atoms with van der Waals surface area (Å²) in [4.78, 5) is 53.4. The highest BCUT2D eigenvalue weighted by Crippen LogP contribution is 2.26. The Morgan fingerprint density at radius 1 is 0.488 bits per heavy atom. The predicted molar refractivity (Wildman–Crippen MR) is 147 cm³/mol. The van der Waals surface area contributed by atoms with Crippen molar-refractivity contribution in [2.75, 3.05) is 0 Å². The summed E-state index contributed by atoms with van der Waals surface area (Å²) in [7, 11) is 0. The van der Waals surface area contributed by atoms with Gasteiger partial charge in [0.05, 0.1) is 0 Å². The lowest BCUT2D eigenvalue weighted by Gasteiger charge is -2.22. The maximum atomic E-state index is 14.0. The second-order valence-electron chi connectivity index (χ2n) is 9.20. The number of fused-ring (bicyclic) bond motifs is 3. The standard InChI is InChI=1S/C33H20O8/c1-19-16-17-23-25(18-19)31(41-33(37)39-21-12-6-3-7-13-21)29(35)26-22-14-8-9-15-24(22)30(28(34)27(23)26)40-32(36)38-20-10-4-2-5-11-20/h2-18H,1H3. The summed E-state index contributed by atoms with van der Waals surface area (Å²) in [6, 6.07) is 28.1. The molecule has 2 aliphatic carbocycles. The van der Waals surface area contributed by atoms with Crippen LogP contribution in [0.5, 0.6) is 11.5 Å². The molecule has 0 aliphatic heterocycles. The average Bonchev–Trinajstić information content (AvgIpc) is 2.97. The molecule has 4 aromatic rings. The van der Waals surface area contributed by atoms with Crippen molar-refractivity contribution in [2.24, 2.45) is 0 Å². The highest BCUT2D eigenvalue weighted by molar-refractivity contribution is 6.58. The average molecular weight is 545 g/mol. The van der Waals surface area contributed by atoms with E-state index in [2.05, 4.69) is 0 Å². The van der Waals surface area contributed by atoms with Gasteiger partial charge in [0.15, 0.2) is 11.5 Å². The van der Waals surface area contributed by atoms with E-state index < -0.39 is 23.9 Å². The van der Waals surface area contributed by atoms with Crippen LogP contribution >= 0.6 is 0 Å². The molecule has 0 bridgehead atoms. The molecule has 8 heteroatoms. The van der Waals surface area contributed by atoms with Gasteiger partial charge in [-0.1, -0.05) is 78.4 Å². The molecule has 8 nitrogen and oxygen atoms in total. The van der Waals surface area contributed by atoms with Crippen LogP contribution in [0.2, 0.25) is 0 Å². The molecule has 4 aromatic carbocycles. The molecule has 200 valence electrons. The van der Waals surface area contributed by atoms with Crippen molar-refractivity contribution in [1.82, 2.24) is 0 Å². The molecule has 0 radical (unpaired) electrons. The second kappa shape index (κ2) is 10.4. The number of ether oxygens (including phenoxy) is 4. The molecular weight excluding hydrogens is 524 g/mol. The number of carbonyl (C=O) groups is 4. The molecular formula is C33H20O8. The van der Waals surface area contributed by atoms with Crippen LogP contribution < -0.4 is 30.3 Å². The topological polar surface area (TPSA) is 105 Å². The largest absolute Gasteiger partial charge is 0.519 e. The van der Waals surface area contributed by atoms with Crippen LogP contribution in [0, 0.1) is 6.92 Å². The van der Waals surface area contributed by atoms with E-state index >= 15 is 0 Å². The highest BCUT2D eigenvalue weighted by Gasteiger charge is 2.37. The van der Waals surface area contributed by atoms with Crippen LogP contribution in [0.1, 0.15) is 5.56 Å². The third-order valence-electron chi connectivity index (χ3n) is 6.51. The number of ketones is 2. The second-order valence-corrected chi connectivity index (χ2v) is 9.20. The molecule has 0 spiro atoms. The Morgan fingerprint density at radius 3 is 1.46 bits per heavy atom. The zero-order valence-electron chi connectivity index (χ0n) is 21.6. The number of carbonyl (C=O) groups excluding carboxylic acids is 4. The van der Waals surface area contributed by atoms with Gasteiger partial charge in [0, 0.05) is 21.6 Å². The number of aryl methyl sites for hydroxylation is 1. The van der Waals surface area contributed by atoms with E-state index in [1.807, 2.05) is 0 Å². The maximum absolute atomic E-state index is 14.0. The van der Waals surface area contributed by atoms with E-state index in [9.17, 15) is 19.2 Å². The van der Waals surface area contributed by atoms with Gasteiger partial charge in [-0.05, 0) is 47.7 Å². The van der Waals surface area contributed by atoms with E-state index in [1.165, 1.54) is 0 Å². The first-order valence-corrected chi connectivity index (χ1v) is 12.6. The predicted octanol–water partition coefficient (Wildman–Crippen LogP) is 2.81. The lowest BCUT2D eigenvalue weighted by Crippen LogP contribution is -2.48. The van der Waals surface area contributed by atoms with Crippen LogP contribution in [0.4, 0.5) is 9.59 Å². The molecule has 6 rings (SSSR count). The summed E-state index contributed by atoms with van der Waals surface area (Å²) < 4.78 is 21.5. The number of hydrogen-bond donors (Lipinski definition) is 0. The normalized spacial score (nSPS) is 13.6. The molecule has 0 heterocycles. The summed E-state index contributed by atoms with van der Waals surface area (Å²) in [6.07, 6.45) is -2.21. The fourth-order valence-electron chi connectivity index (χ4n) is 4.76. The molecule has 41 heavy (non-hydrogen) atoms. The smallest absolute Gasteiger partial charge is 0.395 e. The van der Waals surface area contributed by atoms with E-state index in [0.717, 1.165) is 5.56 Å². The van der Waals surface area contributed by atoms with Gasteiger partial charge < -0.3 is 18.9 Å². The Balaban J connectivity index is 1.50. The quantitative estimate of drug-likeness (QED) is 0.285. The molecule has 0 N–H and O–H groups in total. The third-order valence-corrected chi connectivity index (χ3v) is 6.51. The first kappa shape index (κ1) is 25.5. The highest BCUT2D eigenvalue weighted by atomic mass is 16.7. The first-order chi connectivity index (χ1) is 19.9. The third kappa shape index (κ3) is 4.79. The van der Waals surface area contributed by atoms with Crippen molar-refractivity contribution >= 4 is 46.5 Å². The fraction of sp³-hybridized carbons (Fsp3) is 0.0303. The maximum Gasteiger partial charge on any atom is 0.519 e. The van der Waals surface area contributed by atoms with Crippen LogP contribution in [-0.2, 0) is 19.1 Å². The van der Waals surface area contributed by atoms with Crippen molar-refractivity contribution in [3.05, 3.63) is 130 Å². The lowest BCUT2D eigenvalue weighted by atomic mass is 9.83. The van der Waals surface area contributed by atoms with Gasteiger partial charge in [0.1, 0.15) is 11.5 Å². The zero-order valence-corrected chi connectivity index (χ0v) is 21.6. The number of benzene rings is 4. The Kier molecular flexibility index (Phi) is 6.49. The van der Waals surface area contributed by atoms with Gasteiger partial charge >= 0.3 is 12.3 Å². The molecule has 0 fully saturated rings. The van der Waals surface area contributed by atoms with Crippen molar-refractivity contribution in [3.63, 3.8) is 0 Å². The van der Waals surface area contributed by atoms with Crippen LogP contribution in [0.15, 0.2) is 103 Å². The number of para-hydroxylation sites is 2. The van der Waals surface area contributed by atoms with Gasteiger partial charge in [0.2, 0.25) is 11.6 Å². The van der Waals surface area contributed by atoms with Gasteiger partial charge in [-0.15, -0.1) is 0 Å². The van der Waals surface area contributed by atoms with E-state index in [4.69, 9.17) is 18.9 Å². The number of Topliss-reactive ketones (excluding diaryl/α,β-unsaturated/α-hetero) is 2. The summed E-state index contributed by atoms with van der Waals surface area (Å²) in [5.41, 5.74) is 0.803. The van der Waals surface area contributed by atoms with Gasteiger partial charge in [-0.2, -0.15) is 0 Å². The van der Waals surface area contributed by atoms with Crippen molar-refractivity contribution in [1.29, 1.82) is 0 Å². The number of hydrogen-bond acceptors (Lipinski definition) is 8. The minimum Gasteiger partial charge on any atom is -0.395 e. The molecule has 2 aliphatic rings. The Hall–Kier alpha value is -5.76. The Bertz CT molecular complexity index is 2010.